The van der Waals surface area contributed by atoms with Gasteiger partial charge in [0.15, 0.2) is 0 Å². The van der Waals surface area contributed by atoms with Gasteiger partial charge >= 0.3 is 18.0 Å². The van der Waals surface area contributed by atoms with Crippen LogP contribution in [0.3, 0.4) is 0 Å². The molecule has 2 amide bonds. The molecule has 0 spiro atoms. The zero-order valence-electron chi connectivity index (χ0n) is 21.0. The van der Waals surface area contributed by atoms with Crippen LogP contribution in [-0.4, -0.2) is 69.4 Å². The Morgan fingerprint density at radius 2 is 1.89 bits per heavy atom. The number of fused-ring (bicyclic) bond motifs is 1. The average Bonchev–Trinajstić information content (AvgIpc) is 3.15. The fraction of sp³-hybridized carbons (Fsp3) is 0.500. The van der Waals surface area contributed by atoms with Gasteiger partial charge in [-0.2, -0.15) is 0 Å². The third-order valence-corrected chi connectivity index (χ3v) is 8.16. The molecule has 1 N–H and O–H groups in total. The molecule has 1 fully saturated rings. The van der Waals surface area contributed by atoms with E-state index < -0.39 is 23.6 Å². The van der Waals surface area contributed by atoms with Crippen molar-refractivity contribution in [3.63, 3.8) is 0 Å². The minimum absolute atomic E-state index is 0.00987. The van der Waals surface area contributed by atoms with E-state index in [2.05, 4.69) is 11.8 Å². The van der Waals surface area contributed by atoms with Crippen molar-refractivity contribution in [2.45, 2.75) is 50.8 Å². The molecule has 36 heavy (non-hydrogen) atoms. The Kier molecular flexibility index (Phi) is 9.77. The molecule has 2 heterocycles. The van der Waals surface area contributed by atoms with Crippen molar-refractivity contribution in [3.05, 3.63) is 35.5 Å². The molecule has 0 bridgehead atoms. The first-order valence-electron chi connectivity index (χ1n) is 11.8. The Labute approximate surface area is 220 Å². The Balaban J connectivity index is 2.03. The third-order valence-electron chi connectivity index (χ3n) is 5.22. The number of aromatic nitrogens is 1. The first kappa shape index (κ1) is 28.0. The molecule has 0 unspecified atom stereocenters. The maximum atomic E-state index is 12.9. The molecule has 0 aliphatic carbocycles. The van der Waals surface area contributed by atoms with Crippen molar-refractivity contribution in [2.24, 2.45) is 0 Å². The predicted molar refractivity (Wildman–Crippen MR) is 143 cm³/mol. The van der Waals surface area contributed by atoms with Gasteiger partial charge in [-0.25, -0.2) is 14.5 Å². The minimum atomic E-state index is -1.11. The number of carbonyl (C=O) groups is 3. The monoisotopic (exact) mass is 532 g/mol. The third kappa shape index (κ3) is 6.78. The Morgan fingerprint density at radius 3 is 2.53 bits per heavy atom. The molecule has 1 aromatic heterocycles. The van der Waals surface area contributed by atoms with Crippen LogP contribution in [0.1, 0.15) is 50.0 Å². The molecule has 10 heteroatoms. The number of carbonyl (C=O) groups excluding carboxylic acids is 3. The highest BCUT2D eigenvalue weighted by Gasteiger charge is 2.33. The quantitative estimate of drug-likeness (QED) is 0.348. The summed E-state index contributed by atoms with van der Waals surface area (Å²) in [5.74, 6) is 5.77. The van der Waals surface area contributed by atoms with Crippen LogP contribution in [0.5, 0.6) is 0 Å². The standard InChI is InChI=1S/C26H32N2O6S2/c1-5-33-23(31)22(30)28(25(32)34-26(2,3)4)14-13-27-19-11-7-6-10-18(19)21(20(27)12-8-15-29)24-35-16-9-17-36-24/h6-7,10-11,24,29H,5,9,13-17H2,1-4H3. The molecular weight excluding hydrogens is 500 g/mol. The van der Waals surface area contributed by atoms with Crippen LogP contribution in [0.2, 0.25) is 0 Å². The maximum Gasteiger partial charge on any atom is 0.417 e. The summed E-state index contributed by atoms with van der Waals surface area (Å²) >= 11 is 3.72. The second-order valence-electron chi connectivity index (χ2n) is 8.98. The lowest BCUT2D eigenvalue weighted by molar-refractivity contribution is -0.159. The number of imide groups is 1. The molecule has 1 aromatic carbocycles. The van der Waals surface area contributed by atoms with E-state index in [9.17, 15) is 19.5 Å². The maximum absolute atomic E-state index is 12.9. The van der Waals surface area contributed by atoms with Crippen LogP contribution in [0.25, 0.3) is 10.9 Å². The van der Waals surface area contributed by atoms with Crippen molar-refractivity contribution in [1.82, 2.24) is 9.47 Å². The zero-order chi connectivity index (χ0) is 26.3. The van der Waals surface area contributed by atoms with E-state index in [1.54, 1.807) is 27.7 Å². The van der Waals surface area contributed by atoms with Gasteiger partial charge in [0, 0.05) is 23.0 Å². The van der Waals surface area contributed by atoms with Crippen molar-refractivity contribution < 1.29 is 29.0 Å². The highest BCUT2D eigenvalue weighted by atomic mass is 32.2. The molecular formula is C26H32N2O6S2. The number of aliphatic hydroxyl groups excluding tert-OH is 1. The number of rotatable bonds is 5. The minimum Gasteiger partial charge on any atom is -0.459 e. The summed E-state index contributed by atoms with van der Waals surface area (Å²) in [6.45, 7) is 6.42. The van der Waals surface area contributed by atoms with Gasteiger partial charge in [-0.05, 0) is 57.6 Å². The summed E-state index contributed by atoms with van der Waals surface area (Å²) in [5.41, 5.74) is 1.84. The molecule has 0 saturated carbocycles. The second-order valence-corrected chi connectivity index (χ2v) is 11.7. The number of amides is 2. The van der Waals surface area contributed by atoms with Gasteiger partial charge in [0.05, 0.1) is 23.4 Å². The van der Waals surface area contributed by atoms with Gasteiger partial charge in [-0.1, -0.05) is 24.1 Å². The normalized spacial score (nSPS) is 14.1. The topological polar surface area (TPSA) is 98.1 Å². The van der Waals surface area contributed by atoms with Gasteiger partial charge in [-0.3, -0.25) is 4.79 Å². The molecule has 1 saturated heterocycles. The van der Waals surface area contributed by atoms with E-state index in [1.807, 2.05) is 52.4 Å². The van der Waals surface area contributed by atoms with Gasteiger partial charge in [-0.15, -0.1) is 23.5 Å². The van der Waals surface area contributed by atoms with Crippen molar-refractivity contribution in [1.29, 1.82) is 0 Å². The number of hydrogen-bond donors (Lipinski definition) is 1. The Hall–Kier alpha value is -2.61. The number of hydrogen-bond acceptors (Lipinski definition) is 8. The van der Waals surface area contributed by atoms with E-state index in [0.29, 0.717) is 0 Å². The van der Waals surface area contributed by atoms with E-state index in [0.717, 1.165) is 45.0 Å². The van der Waals surface area contributed by atoms with E-state index >= 15 is 0 Å². The summed E-state index contributed by atoms with van der Waals surface area (Å²) in [7, 11) is 0. The fourth-order valence-corrected chi connectivity index (χ4v) is 6.82. The van der Waals surface area contributed by atoms with Gasteiger partial charge < -0.3 is 19.1 Å². The first-order chi connectivity index (χ1) is 17.2. The lowest BCUT2D eigenvalue weighted by Gasteiger charge is -2.26. The number of aliphatic hydroxyl groups is 1. The first-order valence-corrected chi connectivity index (χ1v) is 13.9. The van der Waals surface area contributed by atoms with Crippen LogP contribution < -0.4 is 0 Å². The van der Waals surface area contributed by atoms with Crippen LogP contribution >= 0.6 is 23.5 Å². The zero-order valence-corrected chi connectivity index (χ0v) is 22.7. The molecule has 1 aliphatic heterocycles. The van der Waals surface area contributed by atoms with E-state index in [1.165, 1.54) is 0 Å². The van der Waals surface area contributed by atoms with Crippen LogP contribution in [0.4, 0.5) is 4.79 Å². The SMILES string of the molecule is CCOC(=O)C(=O)N(CCn1c(C#CCO)c(C2SCCCS2)c2ccccc21)C(=O)OC(C)(C)C. The lowest BCUT2D eigenvalue weighted by Crippen LogP contribution is -2.46. The molecule has 1 aliphatic rings. The number of ether oxygens (including phenoxy) is 2. The average molecular weight is 533 g/mol. The van der Waals surface area contributed by atoms with Crippen molar-refractivity contribution in [3.8, 4) is 11.8 Å². The summed E-state index contributed by atoms with van der Waals surface area (Å²) in [4.78, 5) is 38.7. The number of benzene rings is 1. The number of thioether (sulfide) groups is 2. The van der Waals surface area contributed by atoms with Crippen LogP contribution in [0.15, 0.2) is 24.3 Å². The van der Waals surface area contributed by atoms with E-state index in [4.69, 9.17) is 9.47 Å². The summed E-state index contributed by atoms with van der Waals surface area (Å²) in [6.07, 6.45) is 0.224. The highest BCUT2D eigenvalue weighted by molar-refractivity contribution is 8.16. The lowest BCUT2D eigenvalue weighted by atomic mass is 10.1. The molecule has 8 nitrogen and oxygen atoms in total. The van der Waals surface area contributed by atoms with Gasteiger partial charge in [0.1, 0.15) is 12.2 Å². The Bertz CT molecular complexity index is 1170. The summed E-state index contributed by atoms with van der Waals surface area (Å²) in [6, 6.07) is 7.89. The predicted octanol–water partition coefficient (Wildman–Crippen LogP) is 4.18. The number of nitrogens with zero attached hydrogens (tertiary/aromatic N) is 2. The smallest absolute Gasteiger partial charge is 0.417 e. The molecule has 0 atom stereocenters. The summed E-state index contributed by atoms with van der Waals surface area (Å²) in [5, 5.41) is 10.5. The number of para-hydroxylation sites is 1. The summed E-state index contributed by atoms with van der Waals surface area (Å²) < 4.78 is 12.4. The largest absolute Gasteiger partial charge is 0.459 e. The number of esters is 1. The van der Waals surface area contributed by atoms with Gasteiger partial charge in [0.2, 0.25) is 0 Å². The second kappa shape index (κ2) is 12.6. The van der Waals surface area contributed by atoms with Gasteiger partial charge in [0.25, 0.3) is 0 Å². The van der Waals surface area contributed by atoms with Crippen LogP contribution in [0, 0.1) is 11.8 Å². The highest BCUT2D eigenvalue weighted by Crippen LogP contribution is 2.48. The van der Waals surface area contributed by atoms with Crippen LogP contribution in [-0.2, 0) is 25.6 Å². The molecule has 194 valence electrons. The fourth-order valence-electron chi connectivity index (χ4n) is 3.81. The molecule has 3 rings (SSSR count). The van der Waals surface area contributed by atoms with Crippen molar-refractivity contribution >= 4 is 52.4 Å². The molecule has 0 radical (unpaired) electrons. The Morgan fingerprint density at radius 1 is 1.19 bits per heavy atom. The van der Waals surface area contributed by atoms with Crippen molar-refractivity contribution in [2.75, 3.05) is 31.3 Å². The van der Waals surface area contributed by atoms with E-state index in [-0.39, 0.29) is 30.9 Å². The molecule has 2 aromatic rings.